The zero-order chi connectivity index (χ0) is 7.70. The zero-order valence-electron chi connectivity index (χ0n) is 4.81. The zero-order valence-corrected chi connectivity index (χ0v) is 4.81. The van der Waals surface area contributed by atoms with Gasteiger partial charge in [-0.3, -0.25) is 0 Å². The molecule has 0 unspecified atom stereocenters. The van der Waals surface area contributed by atoms with Crippen LogP contribution >= 0.6 is 0 Å². The summed E-state index contributed by atoms with van der Waals surface area (Å²) < 4.78 is 0. The molecule has 5 heteroatoms. The van der Waals surface area contributed by atoms with Gasteiger partial charge < -0.3 is 9.94 Å². The molecular weight excluding hydrogens is 124 g/mol. The quantitative estimate of drug-likeness (QED) is 0.416. The molecular formula is C4H6N2O3. The minimum Gasteiger partial charge on any atom is -0.477 e. The summed E-state index contributed by atoms with van der Waals surface area (Å²) in [6, 6.07) is 0. The van der Waals surface area contributed by atoms with Crippen molar-refractivity contribution in [2.45, 2.75) is 0 Å². The lowest BCUT2D eigenvalue weighted by atomic mass is 10.8. The van der Waals surface area contributed by atoms with E-state index in [1.54, 1.807) is 0 Å². The summed E-state index contributed by atoms with van der Waals surface area (Å²) in [6.07, 6.45) is 0.667. The van der Waals surface area contributed by atoms with E-state index in [1.165, 1.54) is 7.11 Å². The summed E-state index contributed by atoms with van der Waals surface area (Å²) >= 11 is 0. The molecule has 9 heavy (non-hydrogen) atoms. The van der Waals surface area contributed by atoms with Gasteiger partial charge >= 0.3 is 5.97 Å². The average molecular weight is 130 g/mol. The van der Waals surface area contributed by atoms with Crippen LogP contribution < -0.4 is 0 Å². The highest BCUT2D eigenvalue weighted by Gasteiger charge is 1.82. The van der Waals surface area contributed by atoms with Crippen LogP contribution in [0.2, 0.25) is 0 Å². The molecule has 50 valence electrons. The molecule has 0 atom stereocenters. The number of nitrogens with zero attached hydrogens (tertiary/aromatic N) is 2. The van der Waals surface area contributed by atoms with Gasteiger partial charge in [0, 0.05) is 6.57 Å². The molecule has 5 nitrogen and oxygen atoms in total. The summed E-state index contributed by atoms with van der Waals surface area (Å²) in [5.74, 6) is -1.11. The van der Waals surface area contributed by atoms with E-state index in [0.717, 1.165) is 0 Å². The van der Waals surface area contributed by atoms with Gasteiger partial charge in [0.15, 0.2) is 6.21 Å². The maximum absolute atomic E-state index is 9.53. The second kappa shape index (κ2) is 9.66. The number of rotatable bonds is 2. The second-order valence-electron chi connectivity index (χ2n) is 0.755. The van der Waals surface area contributed by atoms with E-state index in [0.29, 0.717) is 6.21 Å². The largest absolute Gasteiger partial charge is 0.477 e. The van der Waals surface area contributed by atoms with Crippen LogP contribution in [0.5, 0.6) is 0 Å². The van der Waals surface area contributed by atoms with Crippen LogP contribution in [0.15, 0.2) is 5.16 Å². The number of carbonyl (C=O) groups is 1. The predicted octanol–water partition coefficient (Wildman–Crippen LogP) is -0.157. The second-order valence-corrected chi connectivity index (χ2v) is 0.755. The van der Waals surface area contributed by atoms with Crippen LogP contribution in [-0.2, 0) is 9.63 Å². The highest BCUT2D eigenvalue weighted by atomic mass is 16.6. The molecule has 0 saturated carbocycles. The van der Waals surface area contributed by atoms with E-state index in [-0.39, 0.29) is 0 Å². The van der Waals surface area contributed by atoms with Crippen LogP contribution in [0.25, 0.3) is 0 Å². The highest BCUT2D eigenvalue weighted by Crippen LogP contribution is 1.61. The number of oxime groups is 1. The first-order chi connectivity index (χ1) is 4.27. The molecule has 0 aromatic rings. The first kappa shape index (κ1) is 10.4. The Morgan fingerprint density at radius 2 is 2.33 bits per heavy atom. The fourth-order valence-corrected chi connectivity index (χ4v) is 0.0978. The van der Waals surface area contributed by atoms with E-state index in [9.17, 15) is 4.79 Å². The van der Waals surface area contributed by atoms with Crippen molar-refractivity contribution < 1.29 is 14.7 Å². The molecule has 0 aromatic heterocycles. The molecule has 0 aliphatic rings. The first-order valence-electron chi connectivity index (χ1n) is 1.82. The molecule has 0 rings (SSSR count). The highest BCUT2D eigenvalue weighted by molar-refractivity contribution is 6.21. The van der Waals surface area contributed by atoms with Crippen LogP contribution in [-0.4, -0.2) is 24.4 Å². The van der Waals surface area contributed by atoms with Crippen molar-refractivity contribution in [3.8, 4) is 6.57 Å². The standard InChI is InChI=1S/C3H5NO3.CHN/c1-7-4-2-3(5)6;1-2/h2H,1H3,(H,5,6);1H/b4-2+;. The van der Waals surface area contributed by atoms with Gasteiger partial charge in [0.2, 0.25) is 0 Å². The van der Waals surface area contributed by atoms with E-state index in [1.807, 2.05) is 0 Å². The number of hydrogen-bond acceptors (Lipinski definition) is 4. The third-order valence-electron chi connectivity index (χ3n) is 0.269. The van der Waals surface area contributed by atoms with Crippen molar-refractivity contribution >= 4 is 12.2 Å². The molecule has 0 aliphatic heterocycles. The fraction of sp³-hybridized carbons (Fsp3) is 0.250. The van der Waals surface area contributed by atoms with Crippen LogP contribution in [0.1, 0.15) is 0 Å². The van der Waals surface area contributed by atoms with Crippen molar-refractivity contribution in [2.24, 2.45) is 5.16 Å². The van der Waals surface area contributed by atoms with E-state index in [4.69, 9.17) is 10.4 Å². The molecule has 0 amide bonds. The number of carboxylic acids is 1. The lowest BCUT2D eigenvalue weighted by Crippen LogP contribution is -1.94. The molecule has 0 radical (unpaired) electrons. The summed E-state index contributed by atoms with van der Waals surface area (Å²) in [5.41, 5.74) is 0. The van der Waals surface area contributed by atoms with E-state index >= 15 is 0 Å². The van der Waals surface area contributed by atoms with Crippen LogP contribution in [0.3, 0.4) is 0 Å². The molecule has 0 heterocycles. The molecule has 0 saturated heterocycles. The molecule has 0 fully saturated rings. The Morgan fingerprint density at radius 3 is 2.44 bits per heavy atom. The lowest BCUT2D eigenvalue weighted by Gasteiger charge is -1.78. The average Bonchev–Trinajstić information content (AvgIpc) is 1.88. The Labute approximate surface area is 52.2 Å². The maximum atomic E-state index is 9.53. The van der Waals surface area contributed by atoms with Crippen molar-refractivity contribution in [3.63, 3.8) is 0 Å². The molecule has 0 bridgehead atoms. The smallest absolute Gasteiger partial charge is 0.350 e. The van der Waals surface area contributed by atoms with Crippen molar-refractivity contribution in [2.75, 3.05) is 7.11 Å². The number of aliphatic carboxylic acids is 1. The number of hydrogen-bond donors (Lipinski definition) is 1. The van der Waals surface area contributed by atoms with Crippen molar-refractivity contribution in [1.29, 1.82) is 5.26 Å². The summed E-state index contributed by atoms with van der Waals surface area (Å²) in [6.45, 7) is 3.50. The Bertz CT molecular complexity index is 118. The molecule has 0 aliphatic carbocycles. The number of nitriles is 1. The maximum Gasteiger partial charge on any atom is 0.350 e. The predicted molar refractivity (Wildman–Crippen MR) is 29.8 cm³/mol. The van der Waals surface area contributed by atoms with Crippen LogP contribution in [0, 0.1) is 11.8 Å². The summed E-state index contributed by atoms with van der Waals surface area (Å²) in [5, 5.41) is 17.3. The van der Waals surface area contributed by atoms with Gasteiger partial charge in [-0.2, -0.15) is 0 Å². The number of carboxylic acid groups (broad SMARTS) is 1. The van der Waals surface area contributed by atoms with Crippen molar-refractivity contribution in [1.82, 2.24) is 0 Å². The molecule has 1 N–H and O–H groups in total. The van der Waals surface area contributed by atoms with Gasteiger partial charge in [-0.25, -0.2) is 10.1 Å². The minimum atomic E-state index is -1.11. The third-order valence-corrected chi connectivity index (χ3v) is 0.269. The first-order valence-corrected chi connectivity index (χ1v) is 1.82. The van der Waals surface area contributed by atoms with Crippen LogP contribution in [0.4, 0.5) is 0 Å². The van der Waals surface area contributed by atoms with Crippen molar-refractivity contribution in [3.05, 3.63) is 0 Å². The lowest BCUT2D eigenvalue weighted by molar-refractivity contribution is -0.129. The molecule has 0 aromatic carbocycles. The monoisotopic (exact) mass is 130 g/mol. The van der Waals surface area contributed by atoms with Gasteiger partial charge in [0.05, 0.1) is 0 Å². The minimum absolute atomic E-state index is 0.667. The normalized spacial score (nSPS) is 7.44. The van der Waals surface area contributed by atoms with E-state index < -0.39 is 5.97 Å². The molecule has 0 spiro atoms. The topological polar surface area (TPSA) is 82.7 Å². The SMILES string of the molecule is C#N.CO/N=C/C(=O)O. The summed E-state index contributed by atoms with van der Waals surface area (Å²) in [4.78, 5) is 13.6. The van der Waals surface area contributed by atoms with Gasteiger partial charge in [-0.1, -0.05) is 5.16 Å². The Balaban J connectivity index is 0. The van der Waals surface area contributed by atoms with Gasteiger partial charge in [-0.05, 0) is 0 Å². The Kier molecular flexibility index (Phi) is 11.2. The Hall–Kier alpha value is -1.57. The van der Waals surface area contributed by atoms with Gasteiger partial charge in [-0.15, -0.1) is 0 Å². The Morgan fingerprint density at radius 1 is 1.89 bits per heavy atom. The van der Waals surface area contributed by atoms with Gasteiger partial charge in [0.1, 0.15) is 7.11 Å². The summed E-state index contributed by atoms with van der Waals surface area (Å²) in [7, 11) is 1.28. The fourth-order valence-electron chi connectivity index (χ4n) is 0.0978. The van der Waals surface area contributed by atoms with Gasteiger partial charge in [0.25, 0.3) is 0 Å². The van der Waals surface area contributed by atoms with E-state index in [2.05, 4.69) is 16.6 Å². The third kappa shape index (κ3) is 21.4.